The highest BCUT2D eigenvalue weighted by atomic mass is 32.2. The zero-order chi connectivity index (χ0) is 29.5. The lowest BCUT2D eigenvalue weighted by atomic mass is 10.0. The van der Waals surface area contributed by atoms with Crippen molar-refractivity contribution >= 4 is 77.1 Å². The van der Waals surface area contributed by atoms with E-state index in [0.29, 0.717) is 16.9 Å². The Labute approximate surface area is 249 Å². The van der Waals surface area contributed by atoms with E-state index in [9.17, 15) is 4.79 Å². The van der Waals surface area contributed by atoms with Gasteiger partial charge in [0.15, 0.2) is 44.4 Å². The maximum Gasteiger partial charge on any atom is 0.280 e. The number of H-pyrrole nitrogens is 1. The van der Waals surface area contributed by atoms with Gasteiger partial charge >= 0.3 is 0 Å². The summed E-state index contributed by atoms with van der Waals surface area (Å²) in [5.41, 5.74) is 11.5. The fourth-order valence-corrected chi connectivity index (χ4v) is 7.58. The molecule has 2 aliphatic heterocycles. The minimum absolute atomic E-state index is 0.0394. The third-order valence-corrected chi connectivity index (χ3v) is 9.61. The molecule has 0 amide bonds. The standard InChI is InChI=1S/C21H25F2N9O6P2S2/c22-10-7(9(4-34-39)36-18(10)31-5-27-12-8(24)1-2-26-15(12)31)3-35-40-37-20-11(23)14(38-41)19(42-20)32-6-28-13-16(32)29-21(25)30-17(13)33/h1-2,5-7,9-11,14,18-20,40-41H,3-4,39H2,(H2,24,26)(H3,25,29,30,33)/t7-,9-,10+,11-,14-,18-,19-,20?/m1/s1. The van der Waals surface area contributed by atoms with Gasteiger partial charge in [-0.05, 0) is 19.0 Å². The Hall–Kier alpha value is -2.21. The van der Waals surface area contributed by atoms with Crippen LogP contribution in [0.2, 0.25) is 0 Å². The first kappa shape index (κ1) is 29.8. The molecule has 3 unspecified atom stereocenters. The quantitative estimate of drug-likeness (QED) is 0.0835. The number of pyridine rings is 1. The Bertz CT molecular complexity index is 1630. The van der Waals surface area contributed by atoms with E-state index < -0.39 is 62.1 Å². The average Bonchev–Trinajstić information content (AvgIpc) is 3.72. The molecule has 0 bridgehead atoms. The van der Waals surface area contributed by atoms with Crippen LogP contribution in [-0.4, -0.2) is 77.3 Å². The molecule has 6 rings (SSSR count). The first-order valence-electron chi connectivity index (χ1n) is 12.3. The SMILES string of the molecule is Nc1nc2c(ncn2[C@@H]2SC(OPOC[C@H]3[C@H](F)[C@H](n4cnc5c(N)ccnc54)O[C@@H]3COP)[C@H](F)[C@H]2OS)c(=O)[nH]1. The molecule has 42 heavy (non-hydrogen) atoms. The van der Waals surface area contributed by atoms with Gasteiger partial charge in [0.25, 0.3) is 5.56 Å². The van der Waals surface area contributed by atoms with Crippen molar-refractivity contribution in [2.24, 2.45) is 5.92 Å². The summed E-state index contributed by atoms with van der Waals surface area (Å²) in [5, 5.41) is -0.735. The Morgan fingerprint density at radius 2 is 1.93 bits per heavy atom. The van der Waals surface area contributed by atoms with Crippen LogP contribution in [-0.2, 0) is 22.5 Å². The van der Waals surface area contributed by atoms with Crippen LogP contribution in [0.5, 0.6) is 0 Å². The lowest BCUT2D eigenvalue weighted by Gasteiger charge is -2.19. The number of alkyl halides is 2. The number of nitrogen functional groups attached to an aromatic ring is 2. The molecule has 0 saturated carbocycles. The molecular formula is C21H25F2N9O6P2S2. The zero-order valence-corrected chi connectivity index (χ0v) is 25.2. The molecule has 10 atom stereocenters. The summed E-state index contributed by atoms with van der Waals surface area (Å²) in [4.78, 5) is 31.2. The van der Waals surface area contributed by atoms with Gasteiger partial charge in [-0.25, -0.2) is 23.7 Å². The van der Waals surface area contributed by atoms with E-state index in [-0.39, 0.29) is 30.3 Å². The van der Waals surface area contributed by atoms with Crippen molar-refractivity contribution in [1.82, 2.24) is 34.1 Å². The molecule has 4 aromatic heterocycles. The van der Waals surface area contributed by atoms with Crippen molar-refractivity contribution < 1.29 is 31.3 Å². The van der Waals surface area contributed by atoms with Crippen molar-refractivity contribution in [3.05, 3.63) is 35.3 Å². The summed E-state index contributed by atoms with van der Waals surface area (Å²) in [7, 11) is 1.47. The van der Waals surface area contributed by atoms with Crippen LogP contribution in [0.1, 0.15) is 11.6 Å². The van der Waals surface area contributed by atoms with Crippen molar-refractivity contribution in [2.75, 3.05) is 24.7 Å². The monoisotopic (exact) mass is 663 g/mol. The second-order valence-electron chi connectivity index (χ2n) is 9.43. The summed E-state index contributed by atoms with van der Waals surface area (Å²) < 4.78 is 61.7. The molecule has 2 fully saturated rings. The highest BCUT2D eigenvalue weighted by Gasteiger charge is 2.49. The number of imidazole rings is 2. The van der Waals surface area contributed by atoms with Gasteiger partial charge in [0, 0.05) is 21.6 Å². The van der Waals surface area contributed by atoms with Crippen molar-refractivity contribution in [3.63, 3.8) is 0 Å². The number of aromatic nitrogens is 7. The predicted octanol–water partition coefficient (Wildman–Crippen LogP) is 2.07. The average molecular weight is 664 g/mol. The molecule has 226 valence electrons. The van der Waals surface area contributed by atoms with Crippen molar-refractivity contribution in [3.8, 4) is 0 Å². The van der Waals surface area contributed by atoms with E-state index in [1.54, 1.807) is 6.07 Å². The number of rotatable bonds is 10. The number of nitrogens with one attached hydrogen (secondary N) is 1. The first-order chi connectivity index (χ1) is 20.3. The minimum atomic E-state index is -1.63. The van der Waals surface area contributed by atoms with Crippen LogP contribution in [0.25, 0.3) is 22.3 Å². The molecule has 5 N–H and O–H groups in total. The molecule has 15 nitrogen and oxygen atoms in total. The molecule has 2 saturated heterocycles. The number of anilines is 2. The number of hydrogen-bond acceptors (Lipinski definition) is 14. The molecular weight excluding hydrogens is 638 g/mol. The largest absolute Gasteiger partial charge is 0.397 e. The van der Waals surface area contributed by atoms with Crippen LogP contribution in [0.4, 0.5) is 20.4 Å². The second-order valence-corrected chi connectivity index (χ2v) is 11.9. The Morgan fingerprint density at radius 3 is 2.71 bits per heavy atom. The number of hydrogen-bond donors (Lipinski definition) is 4. The summed E-state index contributed by atoms with van der Waals surface area (Å²) >= 11 is 4.90. The fourth-order valence-electron chi connectivity index (χ4n) is 4.96. The third kappa shape index (κ3) is 5.35. The lowest BCUT2D eigenvalue weighted by Crippen LogP contribution is -2.30. The Kier molecular flexibility index (Phi) is 8.82. The number of thiol groups is 1. The molecule has 2 aliphatic rings. The normalized spacial score (nSPS) is 30.0. The van der Waals surface area contributed by atoms with Crippen LogP contribution in [0, 0.1) is 5.92 Å². The summed E-state index contributed by atoms with van der Waals surface area (Å²) in [5.74, 6) is -0.855. The smallest absolute Gasteiger partial charge is 0.280 e. The van der Waals surface area contributed by atoms with Gasteiger partial charge in [0.2, 0.25) is 5.95 Å². The molecule has 21 heteroatoms. The summed E-state index contributed by atoms with van der Waals surface area (Å²) in [6.45, 7) is -0.0188. The van der Waals surface area contributed by atoms with E-state index in [1.807, 2.05) is 0 Å². The topological polar surface area (TPSA) is 192 Å². The summed E-state index contributed by atoms with van der Waals surface area (Å²) in [6.07, 6.45) is -1.65. The number of thioether (sulfide) groups is 1. The van der Waals surface area contributed by atoms with Crippen LogP contribution < -0.4 is 17.0 Å². The number of fused-ring (bicyclic) bond motifs is 2. The van der Waals surface area contributed by atoms with E-state index in [0.717, 1.165) is 11.8 Å². The van der Waals surface area contributed by atoms with Gasteiger partial charge in [0.05, 0.1) is 37.7 Å². The molecule has 0 radical (unpaired) electrons. The summed E-state index contributed by atoms with van der Waals surface area (Å²) in [6, 6.07) is 1.60. The zero-order valence-electron chi connectivity index (χ0n) is 21.3. The van der Waals surface area contributed by atoms with E-state index >= 15 is 8.78 Å². The van der Waals surface area contributed by atoms with E-state index in [2.05, 4.69) is 47.3 Å². The van der Waals surface area contributed by atoms with Gasteiger partial charge in [0.1, 0.15) is 22.4 Å². The molecule has 0 aliphatic carbocycles. The fraction of sp³-hybridized carbons (Fsp3) is 0.476. The lowest BCUT2D eigenvalue weighted by molar-refractivity contribution is -0.0333. The Balaban J connectivity index is 1.11. The highest BCUT2D eigenvalue weighted by Crippen LogP contribution is 2.49. The van der Waals surface area contributed by atoms with E-state index in [1.165, 1.54) is 28.0 Å². The third-order valence-electron chi connectivity index (χ3n) is 6.97. The van der Waals surface area contributed by atoms with Gasteiger partial charge in [-0.1, -0.05) is 11.8 Å². The van der Waals surface area contributed by atoms with Gasteiger partial charge < -0.3 is 34.0 Å². The van der Waals surface area contributed by atoms with Crippen LogP contribution in [0.3, 0.4) is 0 Å². The molecule has 6 heterocycles. The molecule has 4 aromatic rings. The number of halogens is 2. The predicted molar refractivity (Wildman–Crippen MR) is 157 cm³/mol. The highest BCUT2D eigenvalue weighted by molar-refractivity contribution is 8.00. The maximum atomic E-state index is 15.7. The number of aromatic amines is 1. The number of ether oxygens (including phenoxy) is 1. The van der Waals surface area contributed by atoms with Crippen LogP contribution in [0.15, 0.2) is 29.7 Å². The van der Waals surface area contributed by atoms with Crippen LogP contribution >= 0.6 is 43.2 Å². The minimum Gasteiger partial charge on any atom is -0.397 e. The van der Waals surface area contributed by atoms with E-state index in [4.69, 9.17) is 34.0 Å². The Morgan fingerprint density at radius 1 is 1.14 bits per heavy atom. The van der Waals surface area contributed by atoms with Crippen molar-refractivity contribution in [1.29, 1.82) is 0 Å². The maximum absolute atomic E-state index is 15.7. The van der Waals surface area contributed by atoms with Gasteiger partial charge in [-0.3, -0.25) is 18.9 Å². The second kappa shape index (κ2) is 12.4. The number of nitrogens with two attached hydrogens (primary N) is 2. The van der Waals surface area contributed by atoms with Gasteiger partial charge in [-0.2, -0.15) is 4.98 Å². The first-order valence-corrected chi connectivity index (χ1v) is 14.9. The molecule has 0 aromatic carbocycles. The number of nitrogens with zero attached hydrogens (tertiary/aromatic N) is 6. The van der Waals surface area contributed by atoms with Gasteiger partial charge in [-0.15, -0.1) is 0 Å². The van der Waals surface area contributed by atoms with Crippen molar-refractivity contribution in [2.45, 2.75) is 41.6 Å². The molecule has 0 spiro atoms.